The molecule has 1 aliphatic rings. The number of aliphatic hydroxyl groups is 1. The van der Waals surface area contributed by atoms with Crippen molar-refractivity contribution in [3.8, 4) is 5.75 Å². The van der Waals surface area contributed by atoms with Crippen LogP contribution >= 0.6 is 35.6 Å². The largest absolute Gasteiger partial charge is 0.489 e. The number of rotatable bonds is 6. The summed E-state index contributed by atoms with van der Waals surface area (Å²) in [7, 11) is 0. The van der Waals surface area contributed by atoms with Gasteiger partial charge in [0.15, 0.2) is 11.6 Å². The third kappa shape index (κ3) is 6.17. The molecule has 2 atom stereocenters. The SMILES string of the molecule is Cl.OC(COc1ccc(Cl)cc1Cl)CN1CCOC(c2ccc(F)c(F)c2)C1. The van der Waals surface area contributed by atoms with Gasteiger partial charge >= 0.3 is 0 Å². The molecular formula is C19H20Cl3F2NO3. The number of hydrogen-bond acceptors (Lipinski definition) is 4. The molecule has 0 amide bonds. The molecule has 0 saturated carbocycles. The first-order valence-corrected chi connectivity index (χ1v) is 9.23. The zero-order valence-corrected chi connectivity index (χ0v) is 17.1. The maximum absolute atomic E-state index is 13.4. The van der Waals surface area contributed by atoms with E-state index in [-0.39, 0.29) is 25.1 Å². The van der Waals surface area contributed by atoms with Crippen molar-refractivity contribution in [2.45, 2.75) is 12.2 Å². The molecule has 0 aliphatic carbocycles. The molecule has 1 aliphatic heterocycles. The zero-order chi connectivity index (χ0) is 19.4. The number of benzene rings is 2. The molecule has 1 heterocycles. The van der Waals surface area contributed by atoms with Crippen molar-refractivity contribution in [1.29, 1.82) is 0 Å². The average molecular weight is 455 g/mol. The van der Waals surface area contributed by atoms with E-state index >= 15 is 0 Å². The molecule has 0 radical (unpaired) electrons. The van der Waals surface area contributed by atoms with Gasteiger partial charge in [-0.1, -0.05) is 29.3 Å². The minimum Gasteiger partial charge on any atom is -0.489 e. The van der Waals surface area contributed by atoms with E-state index in [1.165, 1.54) is 6.07 Å². The number of β-amino-alcohol motifs (C(OH)–C–C–N with tert-alkyl or cyclic N) is 1. The molecule has 2 unspecified atom stereocenters. The van der Waals surface area contributed by atoms with E-state index in [4.69, 9.17) is 32.7 Å². The first-order valence-electron chi connectivity index (χ1n) is 8.47. The summed E-state index contributed by atoms with van der Waals surface area (Å²) in [5, 5.41) is 11.1. The number of hydrogen-bond donors (Lipinski definition) is 1. The van der Waals surface area contributed by atoms with Crippen LogP contribution < -0.4 is 4.74 Å². The fourth-order valence-corrected chi connectivity index (χ4v) is 3.37. The molecule has 0 aromatic heterocycles. The van der Waals surface area contributed by atoms with Crippen molar-refractivity contribution in [3.63, 3.8) is 0 Å². The monoisotopic (exact) mass is 453 g/mol. The molecule has 1 fully saturated rings. The minimum absolute atomic E-state index is 0. The van der Waals surface area contributed by atoms with Crippen molar-refractivity contribution in [2.75, 3.05) is 32.8 Å². The molecule has 2 aromatic carbocycles. The highest BCUT2D eigenvalue weighted by atomic mass is 35.5. The first-order chi connectivity index (χ1) is 12.9. The van der Waals surface area contributed by atoms with Crippen LogP contribution in [0.3, 0.4) is 0 Å². The van der Waals surface area contributed by atoms with Gasteiger partial charge in [0.05, 0.1) is 17.7 Å². The highest BCUT2D eigenvalue weighted by Crippen LogP contribution is 2.28. The lowest BCUT2D eigenvalue weighted by Crippen LogP contribution is -2.43. The Morgan fingerprint density at radius 1 is 1.18 bits per heavy atom. The van der Waals surface area contributed by atoms with Crippen LogP contribution in [-0.4, -0.2) is 49.0 Å². The predicted octanol–water partition coefficient (Wildman–Crippen LogP) is 4.51. The molecule has 28 heavy (non-hydrogen) atoms. The second-order valence-corrected chi connectivity index (χ2v) is 7.18. The second kappa shape index (κ2) is 10.6. The van der Waals surface area contributed by atoms with Crippen LogP contribution in [0.25, 0.3) is 0 Å². The van der Waals surface area contributed by atoms with Gasteiger partial charge in [0, 0.05) is 24.7 Å². The number of nitrogens with zero attached hydrogens (tertiary/aromatic N) is 1. The Labute approximate surface area is 178 Å². The zero-order valence-electron chi connectivity index (χ0n) is 14.8. The van der Waals surface area contributed by atoms with E-state index in [2.05, 4.69) is 0 Å². The summed E-state index contributed by atoms with van der Waals surface area (Å²) in [6, 6.07) is 8.61. The van der Waals surface area contributed by atoms with Crippen molar-refractivity contribution >= 4 is 35.6 Å². The van der Waals surface area contributed by atoms with Crippen molar-refractivity contribution in [1.82, 2.24) is 4.90 Å². The lowest BCUT2D eigenvalue weighted by Gasteiger charge is -2.34. The van der Waals surface area contributed by atoms with Crippen molar-refractivity contribution < 1.29 is 23.4 Å². The van der Waals surface area contributed by atoms with Crippen LogP contribution in [-0.2, 0) is 4.74 Å². The van der Waals surface area contributed by atoms with Gasteiger partial charge < -0.3 is 14.6 Å². The highest BCUT2D eigenvalue weighted by molar-refractivity contribution is 6.35. The third-order valence-electron chi connectivity index (χ3n) is 4.26. The normalized spacial score (nSPS) is 18.4. The molecule has 1 saturated heterocycles. The number of halogens is 5. The Morgan fingerprint density at radius 3 is 2.68 bits per heavy atom. The van der Waals surface area contributed by atoms with E-state index in [1.54, 1.807) is 18.2 Å². The van der Waals surface area contributed by atoms with Gasteiger partial charge in [0.1, 0.15) is 18.5 Å². The lowest BCUT2D eigenvalue weighted by molar-refractivity contribution is -0.0460. The molecule has 9 heteroatoms. The van der Waals surface area contributed by atoms with Gasteiger partial charge in [-0.15, -0.1) is 12.4 Å². The molecule has 2 aromatic rings. The fourth-order valence-electron chi connectivity index (χ4n) is 2.91. The maximum atomic E-state index is 13.4. The van der Waals surface area contributed by atoms with Gasteiger partial charge in [0.25, 0.3) is 0 Å². The van der Waals surface area contributed by atoms with Crippen LogP contribution in [0.1, 0.15) is 11.7 Å². The number of ether oxygens (including phenoxy) is 2. The van der Waals surface area contributed by atoms with Gasteiger partial charge in [-0.3, -0.25) is 4.90 Å². The van der Waals surface area contributed by atoms with Crippen molar-refractivity contribution in [3.05, 3.63) is 63.6 Å². The minimum atomic E-state index is -0.901. The summed E-state index contributed by atoms with van der Waals surface area (Å²) in [6.07, 6.45) is -1.13. The van der Waals surface area contributed by atoms with Crippen LogP contribution in [0.5, 0.6) is 5.75 Å². The average Bonchev–Trinajstić information content (AvgIpc) is 2.63. The quantitative estimate of drug-likeness (QED) is 0.697. The molecule has 1 N–H and O–H groups in total. The standard InChI is InChI=1S/C19H19Cl2F2NO3.ClH/c20-13-2-4-18(15(21)8-13)27-11-14(25)9-24-5-6-26-19(10-24)12-1-3-16(22)17(23)7-12;/h1-4,7-8,14,19,25H,5-6,9-11H2;1H. The van der Waals surface area contributed by atoms with E-state index < -0.39 is 17.7 Å². The second-order valence-electron chi connectivity index (χ2n) is 6.33. The Morgan fingerprint density at radius 2 is 1.96 bits per heavy atom. The number of morpholine rings is 1. The maximum Gasteiger partial charge on any atom is 0.159 e. The van der Waals surface area contributed by atoms with E-state index in [0.29, 0.717) is 47.6 Å². The molecule has 154 valence electrons. The van der Waals surface area contributed by atoms with Crippen LogP contribution in [0.4, 0.5) is 8.78 Å². The molecule has 0 bridgehead atoms. The van der Waals surface area contributed by atoms with Crippen LogP contribution in [0.2, 0.25) is 10.0 Å². The lowest BCUT2D eigenvalue weighted by atomic mass is 10.1. The summed E-state index contributed by atoms with van der Waals surface area (Å²) >= 11 is 11.9. The molecular weight excluding hydrogens is 435 g/mol. The molecule has 3 rings (SSSR count). The Balaban J connectivity index is 0.00000280. The van der Waals surface area contributed by atoms with E-state index in [0.717, 1.165) is 12.1 Å². The predicted molar refractivity (Wildman–Crippen MR) is 107 cm³/mol. The van der Waals surface area contributed by atoms with Crippen LogP contribution in [0, 0.1) is 11.6 Å². The topological polar surface area (TPSA) is 41.9 Å². The third-order valence-corrected chi connectivity index (χ3v) is 4.79. The van der Waals surface area contributed by atoms with Crippen LogP contribution in [0.15, 0.2) is 36.4 Å². The molecule has 0 spiro atoms. The van der Waals surface area contributed by atoms with E-state index in [1.807, 2.05) is 4.90 Å². The van der Waals surface area contributed by atoms with Gasteiger partial charge in [0.2, 0.25) is 0 Å². The summed E-state index contributed by atoms with van der Waals surface area (Å²) in [5.74, 6) is -1.34. The fraction of sp³-hybridized carbons (Fsp3) is 0.368. The summed E-state index contributed by atoms with van der Waals surface area (Å²) in [4.78, 5) is 1.99. The number of aliphatic hydroxyl groups excluding tert-OH is 1. The van der Waals surface area contributed by atoms with Gasteiger partial charge in [-0.25, -0.2) is 8.78 Å². The molecule has 4 nitrogen and oxygen atoms in total. The first kappa shape index (κ1) is 23.1. The van der Waals surface area contributed by atoms with E-state index in [9.17, 15) is 13.9 Å². The Hall–Kier alpha value is -1.15. The highest BCUT2D eigenvalue weighted by Gasteiger charge is 2.24. The van der Waals surface area contributed by atoms with Crippen molar-refractivity contribution in [2.24, 2.45) is 0 Å². The summed E-state index contributed by atoms with van der Waals surface area (Å²) in [5.41, 5.74) is 0.567. The van der Waals surface area contributed by atoms with Gasteiger partial charge in [-0.05, 0) is 35.9 Å². The smallest absolute Gasteiger partial charge is 0.159 e. The summed E-state index contributed by atoms with van der Waals surface area (Å²) < 4.78 is 37.7. The Kier molecular flexibility index (Phi) is 8.74. The van der Waals surface area contributed by atoms with Gasteiger partial charge in [-0.2, -0.15) is 0 Å². The summed E-state index contributed by atoms with van der Waals surface area (Å²) in [6.45, 7) is 1.94. The Bertz CT molecular complexity index is 797.